The molecule has 0 spiro atoms. The molecule has 4 aromatic rings. The molecule has 2 N–H and O–H groups in total. The number of nitrogens with zero attached hydrogens (tertiary/aromatic N) is 6. The first-order valence-corrected chi connectivity index (χ1v) is 17.5. The lowest BCUT2D eigenvalue weighted by atomic mass is 10.1. The van der Waals surface area contributed by atoms with Gasteiger partial charge in [-0.05, 0) is 80.5 Å². The molecular weight excluding hydrogens is 644 g/mol. The van der Waals surface area contributed by atoms with E-state index in [0.29, 0.717) is 59.1 Å². The van der Waals surface area contributed by atoms with Gasteiger partial charge in [-0.25, -0.2) is 14.7 Å². The first kappa shape index (κ1) is 38.2. The fourth-order valence-electron chi connectivity index (χ4n) is 5.40. The highest BCUT2D eigenvalue weighted by atomic mass is 16.5. The number of anilines is 5. The summed E-state index contributed by atoms with van der Waals surface area (Å²) in [6, 6.07) is 17.4. The number of likely N-dealkylation sites (tertiary alicyclic amines) is 1. The second kappa shape index (κ2) is 19.0. The maximum Gasteiger partial charge on any atom is 0.330 e. The van der Waals surface area contributed by atoms with Crippen molar-refractivity contribution < 1.29 is 19.1 Å². The zero-order chi connectivity index (χ0) is 36.8. The third kappa shape index (κ3) is 10.4. The summed E-state index contributed by atoms with van der Waals surface area (Å²) in [7, 11) is 0. The van der Waals surface area contributed by atoms with Crippen molar-refractivity contribution in [3.8, 4) is 11.5 Å². The molecule has 0 radical (unpaired) electrons. The number of carbonyl (C=O) groups is 3. The lowest BCUT2D eigenvalue weighted by molar-refractivity contribution is -0.111. The van der Waals surface area contributed by atoms with Gasteiger partial charge in [0.1, 0.15) is 17.2 Å². The number of nitrogens with one attached hydrogen (secondary N) is 2. The molecule has 12 heteroatoms. The van der Waals surface area contributed by atoms with E-state index in [2.05, 4.69) is 45.9 Å². The van der Waals surface area contributed by atoms with E-state index in [-0.39, 0.29) is 17.7 Å². The van der Waals surface area contributed by atoms with E-state index >= 15 is 0 Å². The van der Waals surface area contributed by atoms with Gasteiger partial charge in [0.05, 0.1) is 12.2 Å². The van der Waals surface area contributed by atoms with Gasteiger partial charge in [-0.2, -0.15) is 4.98 Å². The Balaban J connectivity index is 0.00000111. The Bertz CT molecular complexity index is 1790. The number of ketones is 1. The van der Waals surface area contributed by atoms with Crippen LogP contribution < -0.4 is 20.3 Å². The third-order valence-corrected chi connectivity index (χ3v) is 7.76. The lowest BCUT2D eigenvalue weighted by Crippen LogP contribution is -2.47. The maximum atomic E-state index is 14.0. The molecule has 1 fully saturated rings. The zero-order valence-corrected chi connectivity index (χ0v) is 30.2. The summed E-state index contributed by atoms with van der Waals surface area (Å²) in [6.07, 6.45) is 8.07. The van der Waals surface area contributed by atoms with Crippen molar-refractivity contribution in [1.29, 1.82) is 0 Å². The number of hydrogen-bond donors (Lipinski definition) is 2. The molecule has 0 aliphatic carbocycles. The van der Waals surface area contributed by atoms with Gasteiger partial charge in [0.2, 0.25) is 11.9 Å². The number of Topliss-reactive ketones (excluding diaryl/α,β-unsaturated/α-hetero) is 1. The molecule has 4 heterocycles. The molecule has 0 unspecified atom stereocenters. The Morgan fingerprint density at radius 3 is 2.35 bits per heavy atom. The minimum Gasteiger partial charge on any atom is -0.457 e. The molecule has 2 aromatic carbocycles. The van der Waals surface area contributed by atoms with Crippen LogP contribution in [0.2, 0.25) is 0 Å². The molecule has 6 rings (SSSR count). The number of carbonyl (C=O) groups excluding carboxylic acids is 3. The minimum atomic E-state index is -0.346. The van der Waals surface area contributed by atoms with Gasteiger partial charge in [-0.3, -0.25) is 14.6 Å². The van der Waals surface area contributed by atoms with Crippen molar-refractivity contribution in [3.63, 3.8) is 0 Å². The van der Waals surface area contributed by atoms with Crippen LogP contribution in [0.4, 0.5) is 33.6 Å². The van der Waals surface area contributed by atoms with E-state index in [1.165, 1.54) is 38.5 Å². The molecule has 0 saturated carbocycles. The van der Waals surface area contributed by atoms with Crippen molar-refractivity contribution in [2.24, 2.45) is 0 Å². The average Bonchev–Trinajstić information content (AvgIpc) is 3.67. The van der Waals surface area contributed by atoms with Gasteiger partial charge in [-0.15, -0.1) is 0 Å². The summed E-state index contributed by atoms with van der Waals surface area (Å²) in [5, 5.41) is 5.98. The van der Waals surface area contributed by atoms with Crippen LogP contribution in [0.25, 0.3) is 0 Å². The van der Waals surface area contributed by atoms with Crippen molar-refractivity contribution in [2.75, 3.05) is 41.7 Å². The number of amides is 3. The normalized spacial score (nSPS) is 13.5. The summed E-state index contributed by atoms with van der Waals surface area (Å²) in [6.45, 7) is 17.1. The average molecular weight is 693 g/mol. The monoisotopic (exact) mass is 692 g/mol. The molecule has 2 aromatic heterocycles. The predicted octanol–water partition coefficient (Wildman–Crippen LogP) is 8.35. The van der Waals surface area contributed by atoms with Crippen LogP contribution >= 0.6 is 0 Å². The number of fused-ring (bicyclic) bond motifs is 1. The van der Waals surface area contributed by atoms with Crippen LogP contribution in [0.3, 0.4) is 0 Å². The fraction of sp³-hybridized carbons (Fsp3) is 0.333. The van der Waals surface area contributed by atoms with E-state index in [4.69, 9.17) is 9.72 Å². The number of hydrogen-bond acceptors (Lipinski definition) is 9. The first-order chi connectivity index (χ1) is 24.8. The molecule has 0 atom stereocenters. The molecule has 51 heavy (non-hydrogen) atoms. The Labute approximate surface area is 300 Å². The van der Waals surface area contributed by atoms with E-state index < -0.39 is 0 Å². The fourth-order valence-corrected chi connectivity index (χ4v) is 5.40. The number of ether oxygens (including phenoxy) is 1. The zero-order valence-electron chi connectivity index (χ0n) is 30.2. The Morgan fingerprint density at radius 2 is 1.67 bits per heavy atom. The van der Waals surface area contributed by atoms with E-state index in [0.717, 1.165) is 25.2 Å². The summed E-state index contributed by atoms with van der Waals surface area (Å²) in [4.78, 5) is 56.8. The largest absolute Gasteiger partial charge is 0.457 e. The van der Waals surface area contributed by atoms with Gasteiger partial charge in [0.25, 0.3) is 0 Å². The first-order valence-electron chi connectivity index (χ1n) is 17.5. The lowest BCUT2D eigenvalue weighted by Gasteiger charge is -2.37. The molecule has 268 valence electrons. The summed E-state index contributed by atoms with van der Waals surface area (Å²) in [5.41, 5.74) is 2.94. The van der Waals surface area contributed by atoms with Crippen LogP contribution in [-0.4, -0.2) is 68.7 Å². The standard InChI is InChI=1S/C34H34N8O4.C3H8.C2H6/c1-3-31(44)37-26-7-6-8-27(19-26)42-32-24(22-41(34(42)45)18-17-40-15-4-5-16-40)21-36-33(39-32)38-25-9-11-28(12-10-25)46-29-13-14-35-30(20-29)23(2)43;1-3-2;1-2/h3,6-14,19-21H,1,4-5,15-18,22H2,2H3,(H,37,44)(H,36,38,39);3H2,1-2H3;1-2H3. The summed E-state index contributed by atoms with van der Waals surface area (Å²) >= 11 is 0. The molecule has 1 saturated heterocycles. The molecule has 12 nitrogen and oxygen atoms in total. The van der Waals surface area contributed by atoms with Crippen molar-refractivity contribution in [2.45, 2.75) is 60.4 Å². The molecular formula is C39H48N8O4. The molecule has 2 aliphatic heterocycles. The summed E-state index contributed by atoms with van der Waals surface area (Å²) < 4.78 is 5.89. The van der Waals surface area contributed by atoms with Gasteiger partial charge in [-0.1, -0.05) is 46.8 Å². The number of benzene rings is 2. The number of pyridine rings is 1. The minimum absolute atomic E-state index is 0.141. The molecule has 3 amide bonds. The number of urea groups is 1. The van der Waals surface area contributed by atoms with Gasteiger partial charge >= 0.3 is 6.03 Å². The van der Waals surface area contributed by atoms with E-state index in [1.807, 2.05) is 36.9 Å². The van der Waals surface area contributed by atoms with Gasteiger partial charge in [0.15, 0.2) is 11.6 Å². The highest BCUT2D eigenvalue weighted by Gasteiger charge is 2.34. The van der Waals surface area contributed by atoms with Crippen molar-refractivity contribution in [3.05, 3.63) is 97.0 Å². The predicted molar refractivity (Wildman–Crippen MR) is 202 cm³/mol. The second-order valence-corrected chi connectivity index (χ2v) is 11.8. The van der Waals surface area contributed by atoms with E-state index in [1.54, 1.807) is 53.6 Å². The highest BCUT2D eigenvalue weighted by Crippen LogP contribution is 2.35. The maximum absolute atomic E-state index is 14.0. The Morgan fingerprint density at radius 1 is 0.941 bits per heavy atom. The second-order valence-electron chi connectivity index (χ2n) is 11.8. The quantitative estimate of drug-likeness (QED) is 0.118. The Hall–Kier alpha value is -5.62. The highest BCUT2D eigenvalue weighted by molar-refractivity contribution is 6.03. The van der Waals surface area contributed by atoms with Crippen LogP contribution in [0.15, 0.2) is 85.7 Å². The van der Waals surface area contributed by atoms with E-state index in [9.17, 15) is 14.4 Å². The molecule has 2 aliphatic rings. The topological polar surface area (TPSA) is 133 Å². The molecule has 0 bridgehead atoms. The Kier molecular flexibility index (Phi) is 14.2. The van der Waals surface area contributed by atoms with Gasteiger partial charge < -0.3 is 25.2 Å². The number of rotatable bonds is 11. The van der Waals surface area contributed by atoms with Gasteiger partial charge in [0, 0.05) is 55.4 Å². The van der Waals surface area contributed by atoms with Crippen LogP contribution in [0.1, 0.15) is 69.9 Å². The van der Waals surface area contributed by atoms with Crippen molar-refractivity contribution in [1.82, 2.24) is 24.8 Å². The smallest absolute Gasteiger partial charge is 0.330 e. The SMILES string of the molecule is C=CC(=O)Nc1cccc(N2C(=O)N(CCN3CCCC3)Cc3cnc(Nc4ccc(Oc5ccnc(C(C)=O)c5)cc4)nc32)c1.CC.CCC. The van der Waals surface area contributed by atoms with Crippen LogP contribution in [0.5, 0.6) is 11.5 Å². The summed E-state index contributed by atoms with van der Waals surface area (Å²) in [5.74, 6) is 1.37. The van der Waals surface area contributed by atoms with Crippen LogP contribution in [-0.2, 0) is 11.3 Å². The van der Waals surface area contributed by atoms with Crippen molar-refractivity contribution >= 4 is 46.5 Å². The van der Waals surface area contributed by atoms with Crippen LogP contribution in [0, 0.1) is 0 Å². The number of aromatic nitrogens is 3. The third-order valence-electron chi connectivity index (χ3n) is 7.76.